The summed E-state index contributed by atoms with van der Waals surface area (Å²) >= 11 is 0. The van der Waals surface area contributed by atoms with E-state index in [4.69, 9.17) is 4.74 Å². The quantitative estimate of drug-likeness (QED) is 0.290. The minimum absolute atomic E-state index is 0.354. The standard InChI is InChI=1S/C28H30N4O/c1-19(2)7-6-8-20(3)15-16-33-23-13-11-21(12-14-23)25-17-26(25)28-31-30-27-24-10-5-4-9-22(24)18-29-32(27)28/h4-5,7,9-15,18,25-26H,6,8,16-17H2,1-3H3/b20-15+. The molecular weight excluding hydrogens is 408 g/mol. The molecule has 0 radical (unpaired) electrons. The maximum atomic E-state index is 5.93. The predicted octanol–water partition coefficient (Wildman–Crippen LogP) is 6.62. The number of ether oxygens (including phenoxy) is 1. The summed E-state index contributed by atoms with van der Waals surface area (Å²) in [5, 5.41) is 15.7. The summed E-state index contributed by atoms with van der Waals surface area (Å²) in [5.41, 5.74) is 4.89. The van der Waals surface area contributed by atoms with E-state index in [1.54, 1.807) is 0 Å². The molecule has 0 aliphatic heterocycles. The van der Waals surface area contributed by atoms with E-state index < -0.39 is 0 Å². The van der Waals surface area contributed by atoms with Crippen molar-refractivity contribution in [2.24, 2.45) is 0 Å². The Morgan fingerprint density at radius 3 is 2.64 bits per heavy atom. The van der Waals surface area contributed by atoms with E-state index in [0.717, 1.165) is 47.3 Å². The lowest BCUT2D eigenvalue weighted by Gasteiger charge is -2.06. The van der Waals surface area contributed by atoms with E-state index in [0.29, 0.717) is 18.4 Å². The van der Waals surface area contributed by atoms with Gasteiger partial charge < -0.3 is 4.74 Å². The van der Waals surface area contributed by atoms with Gasteiger partial charge in [0.1, 0.15) is 12.4 Å². The molecule has 0 amide bonds. The van der Waals surface area contributed by atoms with Crippen LogP contribution in [0.15, 0.2) is 78.0 Å². The molecule has 4 aromatic rings. The van der Waals surface area contributed by atoms with Crippen LogP contribution in [-0.4, -0.2) is 26.4 Å². The van der Waals surface area contributed by atoms with Crippen molar-refractivity contribution in [3.8, 4) is 5.75 Å². The fourth-order valence-electron chi connectivity index (χ4n) is 4.37. The second kappa shape index (κ2) is 9.18. The van der Waals surface area contributed by atoms with Crippen molar-refractivity contribution in [2.45, 2.75) is 51.9 Å². The highest BCUT2D eigenvalue weighted by molar-refractivity contribution is 5.92. The number of aromatic nitrogens is 4. The smallest absolute Gasteiger partial charge is 0.185 e. The van der Waals surface area contributed by atoms with Gasteiger partial charge in [-0.3, -0.25) is 0 Å². The largest absolute Gasteiger partial charge is 0.490 e. The lowest BCUT2D eigenvalue weighted by Crippen LogP contribution is -1.98. The first-order chi connectivity index (χ1) is 16.1. The summed E-state index contributed by atoms with van der Waals surface area (Å²) in [6.45, 7) is 7.06. The molecule has 2 heterocycles. The summed E-state index contributed by atoms with van der Waals surface area (Å²) in [6, 6.07) is 16.7. The van der Waals surface area contributed by atoms with E-state index >= 15 is 0 Å². The lowest BCUT2D eigenvalue weighted by atomic mass is 10.1. The average molecular weight is 439 g/mol. The number of allylic oxidation sites excluding steroid dienone is 3. The summed E-state index contributed by atoms with van der Waals surface area (Å²) in [6.07, 6.45) is 9.60. The van der Waals surface area contributed by atoms with E-state index in [-0.39, 0.29) is 0 Å². The molecule has 0 saturated heterocycles. The molecule has 0 spiro atoms. The van der Waals surface area contributed by atoms with E-state index in [1.807, 2.05) is 22.8 Å². The van der Waals surface area contributed by atoms with Crippen molar-refractivity contribution in [1.29, 1.82) is 0 Å². The third kappa shape index (κ3) is 4.68. The van der Waals surface area contributed by atoms with Gasteiger partial charge in [-0.25, -0.2) is 0 Å². The summed E-state index contributed by atoms with van der Waals surface area (Å²) in [7, 11) is 0. The molecule has 1 fully saturated rings. The van der Waals surface area contributed by atoms with Crippen LogP contribution in [0.3, 0.4) is 0 Å². The molecule has 5 nitrogen and oxygen atoms in total. The van der Waals surface area contributed by atoms with Crippen LogP contribution >= 0.6 is 0 Å². The van der Waals surface area contributed by atoms with Crippen molar-refractivity contribution in [3.63, 3.8) is 0 Å². The maximum Gasteiger partial charge on any atom is 0.185 e. The minimum atomic E-state index is 0.354. The molecule has 1 saturated carbocycles. The highest BCUT2D eigenvalue weighted by atomic mass is 16.5. The van der Waals surface area contributed by atoms with Crippen molar-refractivity contribution >= 4 is 16.4 Å². The van der Waals surface area contributed by atoms with Gasteiger partial charge in [0.2, 0.25) is 0 Å². The first-order valence-corrected chi connectivity index (χ1v) is 11.7. The topological polar surface area (TPSA) is 52.3 Å². The molecule has 5 heteroatoms. The Bertz CT molecular complexity index is 1330. The molecule has 2 atom stereocenters. The van der Waals surface area contributed by atoms with Gasteiger partial charge in [0.15, 0.2) is 11.5 Å². The fourth-order valence-corrected chi connectivity index (χ4v) is 4.37. The molecular formula is C28H30N4O. The molecule has 168 valence electrons. The molecule has 0 bridgehead atoms. The number of hydrogen-bond acceptors (Lipinski definition) is 4. The van der Waals surface area contributed by atoms with Crippen LogP contribution in [-0.2, 0) is 0 Å². The number of rotatable bonds is 8. The molecule has 1 aliphatic rings. The van der Waals surface area contributed by atoms with Crippen molar-refractivity contribution in [1.82, 2.24) is 19.8 Å². The monoisotopic (exact) mass is 438 g/mol. The zero-order valence-corrected chi connectivity index (χ0v) is 19.5. The molecule has 2 unspecified atom stereocenters. The van der Waals surface area contributed by atoms with Crippen LogP contribution in [0.2, 0.25) is 0 Å². The summed E-state index contributed by atoms with van der Waals surface area (Å²) < 4.78 is 7.84. The van der Waals surface area contributed by atoms with Crippen molar-refractivity contribution in [3.05, 3.63) is 89.4 Å². The first-order valence-electron chi connectivity index (χ1n) is 11.7. The highest BCUT2D eigenvalue weighted by Crippen LogP contribution is 2.54. The van der Waals surface area contributed by atoms with E-state index in [9.17, 15) is 0 Å². The molecule has 5 rings (SSSR count). The third-order valence-electron chi connectivity index (χ3n) is 6.38. The van der Waals surface area contributed by atoms with Gasteiger partial charge in [-0.2, -0.15) is 9.61 Å². The fraction of sp³-hybridized carbons (Fsp3) is 0.321. The number of benzene rings is 2. The van der Waals surface area contributed by atoms with Crippen LogP contribution in [0.25, 0.3) is 16.4 Å². The van der Waals surface area contributed by atoms with E-state index in [2.05, 4.69) is 84.6 Å². The SMILES string of the molecule is CC(C)=CCC/C(C)=C/COc1ccc(C2CC2c2nnc3c4ccccc4cnn23)cc1. The molecule has 0 N–H and O–H groups in total. The van der Waals surface area contributed by atoms with Gasteiger partial charge in [0.05, 0.1) is 6.20 Å². The Balaban J connectivity index is 1.21. The van der Waals surface area contributed by atoms with Crippen LogP contribution in [0.4, 0.5) is 0 Å². The zero-order valence-electron chi connectivity index (χ0n) is 19.5. The van der Waals surface area contributed by atoms with Gasteiger partial charge in [-0.15, -0.1) is 10.2 Å². The lowest BCUT2D eigenvalue weighted by molar-refractivity contribution is 0.361. The van der Waals surface area contributed by atoms with Crippen molar-refractivity contribution < 1.29 is 4.74 Å². The Morgan fingerprint density at radius 1 is 1.00 bits per heavy atom. The minimum Gasteiger partial charge on any atom is -0.490 e. The summed E-state index contributed by atoms with van der Waals surface area (Å²) in [5.74, 6) is 2.67. The number of nitrogens with zero attached hydrogens (tertiary/aromatic N) is 4. The first kappa shape index (κ1) is 21.4. The zero-order chi connectivity index (χ0) is 22.8. The predicted molar refractivity (Wildman–Crippen MR) is 133 cm³/mol. The second-order valence-corrected chi connectivity index (χ2v) is 9.22. The Kier molecular flexibility index (Phi) is 5.95. The van der Waals surface area contributed by atoms with Crippen LogP contribution in [0.1, 0.15) is 63.3 Å². The molecule has 33 heavy (non-hydrogen) atoms. The van der Waals surface area contributed by atoms with Crippen LogP contribution in [0, 0.1) is 0 Å². The third-order valence-corrected chi connectivity index (χ3v) is 6.38. The Labute approximate surface area is 194 Å². The van der Waals surface area contributed by atoms with Gasteiger partial charge in [0, 0.05) is 16.7 Å². The Morgan fingerprint density at radius 2 is 1.82 bits per heavy atom. The second-order valence-electron chi connectivity index (χ2n) is 9.22. The van der Waals surface area contributed by atoms with Crippen molar-refractivity contribution in [2.75, 3.05) is 6.61 Å². The molecule has 2 aromatic heterocycles. The normalized spacial score (nSPS) is 18.0. The van der Waals surface area contributed by atoms with Gasteiger partial charge in [-0.1, -0.05) is 53.6 Å². The van der Waals surface area contributed by atoms with Gasteiger partial charge >= 0.3 is 0 Å². The molecule has 1 aliphatic carbocycles. The molecule has 2 aromatic carbocycles. The maximum absolute atomic E-state index is 5.93. The summed E-state index contributed by atoms with van der Waals surface area (Å²) in [4.78, 5) is 0. The highest BCUT2D eigenvalue weighted by Gasteiger charge is 2.43. The number of fused-ring (bicyclic) bond motifs is 3. The van der Waals surface area contributed by atoms with Gasteiger partial charge in [-0.05, 0) is 69.7 Å². The Hall–Kier alpha value is -3.47. The van der Waals surface area contributed by atoms with Crippen LogP contribution in [0.5, 0.6) is 5.75 Å². The average Bonchev–Trinajstić information content (AvgIpc) is 3.49. The van der Waals surface area contributed by atoms with Crippen LogP contribution < -0.4 is 4.74 Å². The number of hydrogen-bond donors (Lipinski definition) is 0. The van der Waals surface area contributed by atoms with E-state index in [1.165, 1.54) is 16.7 Å². The van der Waals surface area contributed by atoms with Gasteiger partial charge in [0.25, 0.3) is 0 Å².